The Morgan fingerprint density at radius 2 is 2.06 bits per heavy atom. The molecule has 1 amide bonds. The third-order valence-corrected chi connectivity index (χ3v) is 5.25. The molecule has 5 aromatic rings. The molecule has 0 aliphatic rings. The molecular formula is C24H19FN6O3. The number of aliphatic hydroxyl groups is 1. The van der Waals surface area contributed by atoms with Crippen LogP contribution in [0.3, 0.4) is 0 Å². The van der Waals surface area contributed by atoms with Gasteiger partial charge < -0.3 is 14.8 Å². The van der Waals surface area contributed by atoms with E-state index in [0.29, 0.717) is 16.7 Å². The number of carbonyl (C=O) groups excluding carboxylic acids is 1. The Bertz CT molecular complexity index is 1540. The van der Waals surface area contributed by atoms with Gasteiger partial charge in [0.2, 0.25) is 5.76 Å². The van der Waals surface area contributed by atoms with E-state index in [1.165, 1.54) is 22.9 Å². The first-order chi connectivity index (χ1) is 16.4. The van der Waals surface area contributed by atoms with Gasteiger partial charge in [0.1, 0.15) is 17.2 Å². The zero-order valence-corrected chi connectivity index (χ0v) is 18.3. The van der Waals surface area contributed by atoms with E-state index in [1.807, 2.05) is 25.1 Å². The minimum Gasteiger partial charge on any atom is -0.435 e. The van der Waals surface area contributed by atoms with Crippen molar-refractivity contribution in [3.05, 3.63) is 83.7 Å². The molecule has 9 nitrogen and oxygen atoms in total. The summed E-state index contributed by atoms with van der Waals surface area (Å²) in [4.78, 5) is 25.4. The number of aromatic nitrogens is 5. The van der Waals surface area contributed by atoms with Gasteiger partial charge >= 0.3 is 0 Å². The number of anilines is 1. The Morgan fingerprint density at radius 1 is 1.21 bits per heavy atom. The molecule has 170 valence electrons. The molecule has 1 aromatic carbocycles. The molecule has 0 spiro atoms. The molecule has 5 rings (SSSR count). The highest BCUT2D eigenvalue weighted by molar-refractivity contribution is 6.03. The molecule has 0 bridgehead atoms. The van der Waals surface area contributed by atoms with Crippen LogP contribution in [0.5, 0.6) is 0 Å². The van der Waals surface area contributed by atoms with E-state index in [0.717, 1.165) is 16.8 Å². The highest BCUT2D eigenvalue weighted by atomic mass is 19.1. The maximum Gasteiger partial charge on any atom is 0.293 e. The van der Waals surface area contributed by atoms with Crippen molar-refractivity contribution < 1.29 is 18.7 Å². The fourth-order valence-corrected chi connectivity index (χ4v) is 3.67. The van der Waals surface area contributed by atoms with Crippen LogP contribution in [-0.2, 0) is 6.61 Å². The number of nitrogens with zero attached hydrogens (tertiary/aromatic N) is 5. The fraction of sp³-hybridized carbons (Fsp3) is 0.125. The van der Waals surface area contributed by atoms with Crippen molar-refractivity contribution in [2.24, 2.45) is 0 Å². The second kappa shape index (κ2) is 8.49. The smallest absolute Gasteiger partial charge is 0.293 e. The number of pyridine rings is 2. The average Bonchev–Trinajstić information content (AvgIpc) is 3.43. The molecule has 0 atom stereocenters. The first kappa shape index (κ1) is 21.4. The summed E-state index contributed by atoms with van der Waals surface area (Å²) >= 11 is 0. The van der Waals surface area contributed by atoms with Gasteiger partial charge in [-0.15, -0.1) is 5.10 Å². The number of rotatable bonds is 5. The number of benzene rings is 1. The van der Waals surface area contributed by atoms with Gasteiger partial charge in [-0.05, 0) is 42.8 Å². The number of aliphatic hydroxyl groups excluding tert-OH is 1. The summed E-state index contributed by atoms with van der Waals surface area (Å²) in [5.41, 5.74) is 3.66. The molecule has 0 saturated heterocycles. The molecule has 0 aliphatic carbocycles. The summed E-state index contributed by atoms with van der Waals surface area (Å²) < 4.78 is 21.4. The SMILES string of the molecule is Cc1nc(CO)c(C(=O)Nc2ccc(F)c(-n3cc4cc(-c5ncccc5C)cnc4n3)c2)o1. The number of fused-ring (bicyclic) bond motifs is 1. The van der Waals surface area contributed by atoms with Crippen LogP contribution in [0.25, 0.3) is 28.0 Å². The third-order valence-electron chi connectivity index (χ3n) is 5.25. The lowest BCUT2D eigenvalue weighted by Gasteiger charge is -2.08. The highest BCUT2D eigenvalue weighted by Crippen LogP contribution is 2.26. The lowest BCUT2D eigenvalue weighted by Crippen LogP contribution is -2.14. The minimum atomic E-state index is -0.607. The van der Waals surface area contributed by atoms with Crippen LogP contribution < -0.4 is 5.32 Å². The molecule has 0 unspecified atom stereocenters. The summed E-state index contributed by atoms with van der Waals surface area (Å²) in [5, 5.41) is 17.1. The summed E-state index contributed by atoms with van der Waals surface area (Å²) in [6.07, 6.45) is 5.06. The normalized spacial score (nSPS) is 11.2. The topological polar surface area (TPSA) is 119 Å². The van der Waals surface area contributed by atoms with Crippen LogP contribution >= 0.6 is 0 Å². The van der Waals surface area contributed by atoms with E-state index in [2.05, 4.69) is 25.4 Å². The third kappa shape index (κ3) is 3.90. The Hall–Kier alpha value is -4.44. The Labute approximate surface area is 192 Å². The quantitative estimate of drug-likeness (QED) is 0.409. The van der Waals surface area contributed by atoms with Gasteiger partial charge in [-0.2, -0.15) is 0 Å². The number of hydrogen-bond acceptors (Lipinski definition) is 7. The predicted octanol–water partition coefficient (Wildman–Crippen LogP) is 3.97. The van der Waals surface area contributed by atoms with E-state index in [-0.39, 0.29) is 23.0 Å². The summed E-state index contributed by atoms with van der Waals surface area (Å²) in [6.45, 7) is 3.10. The zero-order chi connectivity index (χ0) is 23.8. The molecular weight excluding hydrogens is 439 g/mol. The van der Waals surface area contributed by atoms with Gasteiger partial charge in [-0.3, -0.25) is 9.78 Å². The number of oxazole rings is 1. The Balaban J connectivity index is 1.47. The maximum atomic E-state index is 14.7. The van der Waals surface area contributed by atoms with Crippen LogP contribution in [0, 0.1) is 19.7 Å². The average molecular weight is 458 g/mol. The molecule has 4 aromatic heterocycles. The van der Waals surface area contributed by atoms with Crippen molar-refractivity contribution in [3.8, 4) is 16.9 Å². The first-order valence-corrected chi connectivity index (χ1v) is 10.4. The second-order valence-corrected chi connectivity index (χ2v) is 7.67. The van der Waals surface area contributed by atoms with Gasteiger partial charge in [-0.1, -0.05) is 6.07 Å². The molecule has 0 radical (unpaired) electrons. The van der Waals surface area contributed by atoms with Gasteiger partial charge in [-0.25, -0.2) is 19.0 Å². The maximum absolute atomic E-state index is 14.7. The molecule has 4 heterocycles. The Morgan fingerprint density at radius 3 is 2.85 bits per heavy atom. The van der Waals surface area contributed by atoms with Crippen molar-refractivity contribution in [1.29, 1.82) is 0 Å². The predicted molar refractivity (Wildman–Crippen MR) is 122 cm³/mol. The fourth-order valence-electron chi connectivity index (χ4n) is 3.67. The number of aryl methyl sites for hydroxylation is 2. The standard InChI is InChI=1S/C24H19FN6O3/c1-13-4-3-7-26-21(13)15-8-16-11-31(30-23(16)27-10-15)20-9-17(5-6-18(20)25)29-24(33)22-19(12-32)28-14(2)34-22/h3-11,32H,12H2,1-2H3,(H,29,33). The first-order valence-electron chi connectivity index (χ1n) is 10.4. The van der Waals surface area contributed by atoms with Crippen molar-refractivity contribution in [2.75, 3.05) is 5.32 Å². The lowest BCUT2D eigenvalue weighted by molar-refractivity contribution is 0.0991. The number of carbonyl (C=O) groups is 1. The van der Waals surface area contributed by atoms with Crippen LogP contribution in [0.2, 0.25) is 0 Å². The number of hydrogen-bond donors (Lipinski definition) is 2. The second-order valence-electron chi connectivity index (χ2n) is 7.67. The van der Waals surface area contributed by atoms with Crippen molar-refractivity contribution >= 4 is 22.6 Å². The zero-order valence-electron chi connectivity index (χ0n) is 18.3. The van der Waals surface area contributed by atoms with Crippen LogP contribution in [0.1, 0.15) is 27.7 Å². The van der Waals surface area contributed by atoms with Gasteiger partial charge in [0.05, 0.1) is 12.3 Å². The van der Waals surface area contributed by atoms with Gasteiger partial charge in [0.15, 0.2) is 11.5 Å². The summed E-state index contributed by atoms with van der Waals surface area (Å²) in [6, 6.07) is 9.83. The van der Waals surface area contributed by atoms with Gasteiger partial charge in [0, 0.05) is 42.2 Å². The summed E-state index contributed by atoms with van der Waals surface area (Å²) in [7, 11) is 0. The number of halogens is 1. The van der Waals surface area contributed by atoms with Crippen molar-refractivity contribution in [3.63, 3.8) is 0 Å². The molecule has 2 N–H and O–H groups in total. The summed E-state index contributed by atoms with van der Waals surface area (Å²) in [5.74, 6) is -0.981. The number of nitrogens with one attached hydrogen (secondary N) is 1. The molecule has 34 heavy (non-hydrogen) atoms. The Kier molecular flexibility index (Phi) is 5.34. The van der Waals surface area contributed by atoms with E-state index in [1.54, 1.807) is 25.5 Å². The van der Waals surface area contributed by atoms with Crippen LogP contribution in [0.15, 0.2) is 59.4 Å². The van der Waals surface area contributed by atoms with Crippen LogP contribution in [0.4, 0.5) is 10.1 Å². The molecule has 0 saturated carbocycles. The van der Waals surface area contributed by atoms with Gasteiger partial charge in [0.25, 0.3) is 5.91 Å². The molecule has 0 aliphatic heterocycles. The lowest BCUT2D eigenvalue weighted by atomic mass is 10.1. The molecule has 0 fully saturated rings. The molecule has 10 heteroatoms. The monoisotopic (exact) mass is 458 g/mol. The van der Waals surface area contributed by atoms with E-state index in [4.69, 9.17) is 4.42 Å². The van der Waals surface area contributed by atoms with E-state index < -0.39 is 18.3 Å². The highest BCUT2D eigenvalue weighted by Gasteiger charge is 2.19. The largest absolute Gasteiger partial charge is 0.435 e. The van der Waals surface area contributed by atoms with Crippen LogP contribution in [-0.4, -0.2) is 35.7 Å². The van der Waals surface area contributed by atoms with E-state index in [9.17, 15) is 14.3 Å². The number of amides is 1. The minimum absolute atomic E-state index is 0.0998. The van der Waals surface area contributed by atoms with Crippen molar-refractivity contribution in [1.82, 2.24) is 24.7 Å². The van der Waals surface area contributed by atoms with Crippen molar-refractivity contribution in [2.45, 2.75) is 20.5 Å². The van der Waals surface area contributed by atoms with E-state index >= 15 is 0 Å².